The minimum Gasteiger partial charge on any atom is -0.496 e. The molecule has 0 heterocycles. The summed E-state index contributed by atoms with van der Waals surface area (Å²) in [4.78, 5) is 23.7. The number of methoxy groups -OCH3 is 1. The van der Waals surface area contributed by atoms with Crippen molar-refractivity contribution in [2.45, 2.75) is 13.1 Å². The first kappa shape index (κ1) is 18.9. The number of hydrogen-bond acceptors (Lipinski definition) is 4. The Morgan fingerprint density at radius 1 is 1.16 bits per heavy atom. The van der Waals surface area contributed by atoms with Gasteiger partial charge in [0.25, 0.3) is 5.91 Å². The van der Waals surface area contributed by atoms with Crippen LogP contribution >= 0.6 is 11.6 Å². The second-order valence-electron chi connectivity index (χ2n) is 4.83. The van der Waals surface area contributed by atoms with Crippen LogP contribution in [-0.2, 0) is 10.9 Å². The molecule has 2 aromatic rings. The summed E-state index contributed by atoms with van der Waals surface area (Å²) in [5.74, 6) is -1.36. The topological polar surface area (TPSA) is 64.6 Å². The minimum atomic E-state index is -4.71. The molecule has 0 aliphatic rings. The molecule has 25 heavy (non-hydrogen) atoms. The maximum atomic E-state index is 13.4. The van der Waals surface area contributed by atoms with Gasteiger partial charge in [-0.25, -0.2) is 4.79 Å². The molecular formula is C16H13ClF3NO4. The molecule has 0 bridgehead atoms. The Bertz CT molecular complexity index is 836. The van der Waals surface area contributed by atoms with Crippen LogP contribution in [0.5, 0.6) is 5.75 Å². The molecule has 0 radical (unpaired) electrons. The Balaban J connectivity index is 2.68. The standard InChI is InChI=1S/C16H13ClF3NO4/c1-3-25-15(23)21-14(22)12-8-5-7-11(24-2)13(16(18,19)20)9(8)4-6-10(12)17/h4-7H,3H2,1-2H3,(H,21,22,23). The van der Waals surface area contributed by atoms with Crippen molar-refractivity contribution in [1.29, 1.82) is 0 Å². The van der Waals surface area contributed by atoms with Crippen molar-refractivity contribution in [3.8, 4) is 5.75 Å². The smallest absolute Gasteiger partial charge is 0.420 e. The van der Waals surface area contributed by atoms with Gasteiger partial charge in [0.05, 0.1) is 24.3 Å². The van der Waals surface area contributed by atoms with Crippen molar-refractivity contribution in [1.82, 2.24) is 5.32 Å². The lowest BCUT2D eigenvalue weighted by Gasteiger charge is -2.17. The van der Waals surface area contributed by atoms with E-state index in [2.05, 4.69) is 4.74 Å². The lowest BCUT2D eigenvalue weighted by Crippen LogP contribution is -2.31. The van der Waals surface area contributed by atoms with E-state index < -0.39 is 23.7 Å². The quantitative estimate of drug-likeness (QED) is 0.863. The van der Waals surface area contributed by atoms with Crippen LogP contribution in [-0.4, -0.2) is 25.7 Å². The molecule has 0 spiro atoms. The molecule has 0 saturated carbocycles. The Hall–Kier alpha value is -2.48. The lowest BCUT2D eigenvalue weighted by atomic mass is 9.98. The Labute approximate surface area is 145 Å². The van der Waals surface area contributed by atoms with Crippen LogP contribution < -0.4 is 10.1 Å². The zero-order valence-electron chi connectivity index (χ0n) is 13.2. The summed E-state index contributed by atoms with van der Waals surface area (Å²) in [6, 6.07) is 4.65. The molecule has 2 amide bonds. The van der Waals surface area contributed by atoms with Gasteiger partial charge in [-0.15, -0.1) is 0 Å². The molecule has 2 aromatic carbocycles. The number of imide groups is 1. The number of alkyl carbamates (subject to hydrolysis) is 1. The third kappa shape index (κ3) is 3.79. The normalized spacial score (nSPS) is 11.3. The van der Waals surface area contributed by atoms with E-state index in [4.69, 9.17) is 16.3 Å². The summed E-state index contributed by atoms with van der Waals surface area (Å²) < 4.78 is 49.6. The molecule has 5 nitrogen and oxygen atoms in total. The van der Waals surface area contributed by atoms with Gasteiger partial charge in [-0.05, 0) is 35.9 Å². The third-order valence-electron chi connectivity index (χ3n) is 3.33. The predicted molar refractivity (Wildman–Crippen MR) is 85.0 cm³/mol. The van der Waals surface area contributed by atoms with Crippen molar-refractivity contribution in [3.05, 3.63) is 40.4 Å². The summed E-state index contributed by atoms with van der Waals surface area (Å²) in [5, 5.41) is 1.48. The number of carbonyl (C=O) groups is 2. The van der Waals surface area contributed by atoms with Gasteiger partial charge >= 0.3 is 12.3 Å². The van der Waals surface area contributed by atoms with Crippen LogP contribution in [0, 0.1) is 0 Å². The van der Waals surface area contributed by atoms with Crippen LogP contribution in [0.2, 0.25) is 5.02 Å². The first-order chi connectivity index (χ1) is 11.7. The largest absolute Gasteiger partial charge is 0.496 e. The molecule has 0 atom stereocenters. The fourth-order valence-electron chi connectivity index (χ4n) is 2.37. The van der Waals surface area contributed by atoms with Gasteiger partial charge in [-0.1, -0.05) is 17.7 Å². The van der Waals surface area contributed by atoms with Crippen LogP contribution in [0.15, 0.2) is 24.3 Å². The van der Waals surface area contributed by atoms with E-state index in [9.17, 15) is 22.8 Å². The summed E-state index contributed by atoms with van der Waals surface area (Å²) in [5.41, 5.74) is -1.30. The lowest BCUT2D eigenvalue weighted by molar-refractivity contribution is -0.137. The van der Waals surface area contributed by atoms with Crippen molar-refractivity contribution in [2.24, 2.45) is 0 Å². The molecule has 2 rings (SSSR count). The van der Waals surface area contributed by atoms with Crippen molar-refractivity contribution >= 4 is 34.4 Å². The second-order valence-corrected chi connectivity index (χ2v) is 5.24. The minimum absolute atomic E-state index is 0.0256. The van der Waals surface area contributed by atoms with E-state index >= 15 is 0 Å². The number of halogens is 4. The zero-order valence-corrected chi connectivity index (χ0v) is 13.9. The maximum Gasteiger partial charge on any atom is 0.420 e. The summed E-state index contributed by atoms with van der Waals surface area (Å²) in [6.45, 7) is 1.56. The number of fused-ring (bicyclic) bond motifs is 1. The number of amides is 2. The highest BCUT2D eigenvalue weighted by Gasteiger charge is 2.37. The van der Waals surface area contributed by atoms with E-state index in [0.29, 0.717) is 0 Å². The Morgan fingerprint density at radius 2 is 1.80 bits per heavy atom. The Kier molecular flexibility index (Phi) is 5.42. The van der Waals surface area contributed by atoms with Crippen molar-refractivity contribution in [2.75, 3.05) is 13.7 Å². The van der Waals surface area contributed by atoms with Gasteiger partial charge in [0.1, 0.15) is 11.3 Å². The van der Waals surface area contributed by atoms with E-state index in [0.717, 1.165) is 25.3 Å². The fourth-order valence-corrected chi connectivity index (χ4v) is 2.63. The third-order valence-corrected chi connectivity index (χ3v) is 3.65. The van der Waals surface area contributed by atoms with Gasteiger partial charge in [0.2, 0.25) is 0 Å². The fraction of sp³-hybridized carbons (Fsp3) is 0.250. The molecule has 0 aromatic heterocycles. The molecule has 0 saturated heterocycles. The number of nitrogens with one attached hydrogen (secondary N) is 1. The number of hydrogen-bond donors (Lipinski definition) is 1. The summed E-state index contributed by atoms with van der Waals surface area (Å²) in [6.07, 6.45) is -5.74. The highest BCUT2D eigenvalue weighted by atomic mass is 35.5. The van der Waals surface area contributed by atoms with Crippen molar-refractivity contribution in [3.63, 3.8) is 0 Å². The SMILES string of the molecule is CCOC(=O)NC(=O)c1c(Cl)ccc2c(C(F)(F)F)c(OC)ccc12. The second kappa shape index (κ2) is 7.18. The maximum absolute atomic E-state index is 13.4. The monoisotopic (exact) mass is 375 g/mol. The first-order valence-electron chi connectivity index (χ1n) is 7.05. The predicted octanol–water partition coefficient (Wildman–Crippen LogP) is 4.41. The number of alkyl halides is 3. The summed E-state index contributed by atoms with van der Waals surface area (Å²) >= 11 is 5.97. The average molecular weight is 376 g/mol. The highest BCUT2D eigenvalue weighted by molar-refractivity contribution is 6.36. The number of benzene rings is 2. The first-order valence-corrected chi connectivity index (χ1v) is 7.43. The van der Waals surface area contributed by atoms with Gasteiger partial charge in [0.15, 0.2) is 0 Å². The van der Waals surface area contributed by atoms with Gasteiger partial charge in [-0.2, -0.15) is 13.2 Å². The zero-order chi connectivity index (χ0) is 18.8. The van der Waals surface area contributed by atoms with E-state index in [1.165, 1.54) is 13.0 Å². The van der Waals surface area contributed by atoms with Gasteiger partial charge < -0.3 is 9.47 Å². The van der Waals surface area contributed by atoms with Gasteiger partial charge in [0, 0.05) is 0 Å². The van der Waals surface area contributed by atoms with Crippen LogP contribution in [0.1, 0.15) is 22.8 Å². The molecular weight excluding hydrogens is 363 g/mol. The number of carbonyl (C=O) groups excluding carboxylic acids is 2. The molecule has 9 heteroatoms. The van der Waals surface area contributed by atoms with E-state index in [1.54, 1.807) is 0 Å². The molecule has 134 valence electrons. The number of rotatable bonds is 3. The van der Waals surface area contributed by atoms with E-state index in [1.807, 2.05) is 5.32 Å². The van der Waals surface area contributed by atoms with Gasteiger partial charge in [-0.3, -0.25) is 10.1 Å². The molecule has 0 aliphatic heterocycles. The van der Waals surface area contributed by atoms with Crippen LogP contribution in [0.3, 0.4) is 0 Å². The average Bonchev–Trinajstić information content (AvgIpc) is 2.52. The van der Waals surface area contributed by atoms with Crippen LogP contribution in [0.4, 0.5) is 18.0 Å². The van der Waals surface area contributed by atoms with E-state index in [-0.39, 0.29) is 33.7 Å². The van der Waals surface area contributed by atoms with Crippen molar-refractivity contribution < 1.29 is 32.2 Å². The van der Waals surface area contributed by atoms with Crippen LogP contribution in [0.25, 0.3) is 10.8 Å². The molecule has 0 unspecified atom stereocenters. The molecule has 0 fully saturated rings. The summed E-state index contributed by atoms with van der Waals surface area (Å²) in [7, 11) is 1.11. The molecule has 0 aliphatic carbocycles. The highest BCUT2D eigenvalue weighted by Crippen LogP contribution is 2.42. The number of ether oxygens (including phenoxy) is 2. The Morgan fingerprint density at radius 3 is 2.36 bits per heavy atom. The molecule has 1 N–H and O–H groups in total.